The van der Waals surface area contributed by atoms with Crippen molar-refractivity contribution in [2.45, 2.75) is 90.7 Å². The largest absolute Gasteiger partial charge is 0.460 e. The first-order chi connectivity index (χ1) is 17.6. The third-order valence-corrected chi connectivity index (χ3v) is 7.61. The number of hydrogen-bond donors (Lipinski definition) is 0. The molecule has 0 unspecified atom stereocenters. The van der Waals surface area contributed by atoms with Crippen LogP contribution < -0.4 is 0 Å². The molecular formula is C28H38FN5O3. The third-order valence-electron chi connectivity index (χ3n) is 7.61. The molecule has 9 heteroatoms. The van der Waals surface area contributed by atoms with Gasteiger partial charge in [-0.05, 0) is 82.5 Å². The molecule has 1 aromatic carbocycles. The lowest BCUT2D eigenvalue weighted by Gasteiger charge is -2.34. The predicted octanol–water partition coefficient (Wildman–Crippen LogP) is 5.44. The maximum absolute atomic E-state index is 14.7. The zero-order chi connectivity index (χ0) is 26.3. The Kier molecular flexibility index (Phi) is 7.09. The van der Waals surface area contributed by atoms with Crippen LogP contribution in [0.3, 0.4) is 0 Å². The summed E-state index contributed by atoms with van der Waals surface area (Å²) in [4.78, 5) is 19.6. The van der Waals surface area contributed by atoms with Gasteiger partial charge in [-0.15, -0.1) is 0 Å². The summed E-state index contributed by atoms with van der Waals surface area (Å²) in [5, 5.41) is 9.54. The second-order valence-corrected chi connectivity index (χ2v) is 12.0. The minimum Gasteiger partial charge on any atom is -0.460 e. The Morgan fingerprint density at radius 1 is 1.19 bits per heavy atom. The van der Waals surface area contributed by atoms with Crippen LogP contribution >= 0.6 is 0 Å². The highest BCUT2D eigenvalue weighted by Gasteiger charge is 2.35. The second-order valence-electron chi connectivity index (χ2n) is 12.0. The first kappa shape index (κ1) is 25.8. The zero-order valence-electron chi connectivity index (χ0n) is 22.5. The van der Waals surface area contributed by atoms with E-state index in [1.54, 1.807) is 6.07 Å². The van der Waals surface area contributed by atoms with Gasteiger partial charge < -0.3 is 14.2 Å². The summed E-state index contributed by atoms with van der Waals surface area (Å²) < 4.78 is 27.4. The van der Waals surface area contributed by atoms with E-state index in [-0.39, 0.29) is 29.6 Å². The molecule has 1 atom stereocenters. The van der Waals surface area contributed by atoms with Crippen LogP contribution in [0.4, 0.5) is 4.39 Å². The van der Waals surface area contributed by atoms with Crippen molar-refractivity contribution in [3.63, 3.8) is 0 Å². The van der Waals surface area contributed by atoms with E-state index < -0.39 is 5.60 Å². The molecule has 37 heavy (non-hydrogen) atoms. The molecule has 1 saturated heterocycles. The van der Waals surface area contributed by atoms with Crippen molar-refractivity contribution in [2.75, 3.05) is 13.1 Å². The Morgan fingerprint density at radius 2 is 1.95 bits per heavy atom. The Balaban J connectivity index is 1.19. The molecule has 0 bridgehead atoms. The van der Waals surface area contributed by atoms with Crippen molar-refractivity contribution in [2.24, 2.45) is 11.8 Å². The average Bonchev–Trinajstić information content (AvgIpc) is 3.57. The van der Waals surface area contributed by atoms with Gasteiger partial charge in [0.25, 0.3) is 5.95 Å². The molecule has 0 radical (unpaired) electrons. The number of benzene rings is 1. The van der Waals surface area contributed by atoms with Crippen molar-refractivity contribution in [1.29, 1.82) is 0 Å². The van der Waals surface area contributed by atoms with Gasteiger partial charge in [0.2, 0.25) is 5.89 Å². The molecule has 2 fully saturated rings. The van der Waals surface area contributed by atoms with Crippen LogP contribution in [0.5, 0.6) is 0 Å². The van der Waals surface area contributed by atoms with Gasteiger partial charge in [-0.2, -0.15) is 14.8 Å². The van der Waals surface area contributed by atoms with Crippen LogP contribution in [0.25, 0.3) is 16.9 Å². The number of carbonyl (C=O) groups is 1. The van der Waals surface area contributed by atoms with E-state index in [4.69, 9.17) is 9.26 Å². The Hall–Kier alpha value is -2.81. The lowest BCUT2D eigenvalue weighted by Crippen LogP contribution is -2.39. The molecular weight excluding hydrogens is 473 g/mol. The minimum absolute atomic E-state index is 0.0186. The van der Waals surface area contributed by atoms with E-state index >= 15 is 0 Å². The molecule has 2 aromatic heterocycles. The highest BCUT2D eigenvalue weighted by Crippen LogP contribution is 2.33. The molecule has 5 rings (SSSR count). The number of ether oxygens (including phenoxy) is 1. The van der Waals surface area contributed by atoms with E-state index in [1.807, 2.05) is 40.7 Å². The van der Waals surface area contributed by atoms with Crippen molar-refractivity contribution < 1.29 is 18.4 Å². The molecule has 0 amide bonds. The molecule has 0 spiro atoms. The number of fused-ring (bicyclic) bond motifs is 1. The summed E-state index contributed by atoms with van der Waals surface area (Å²) >= 11 is 0. The van der Waals surface area contributed by atoms with Crippen molar-refractivity contribution in [1.82, 2.24) is 24.8 Å². The Bertz CT molecular complexity index is 1250. The highest BCUT2D eigenvalue weighted by atomic mass is 19.1. The molecule has 1 aliphatic heterocycles. The summed E-state index contributed by atoms with van der Waals surface area (Å²) in [6, 6.07) is 5.52. The molecule has 1 aliphatic carbocycles. The maximum Gasteiger partial charge on any atom is 0.309 e. The van der Waals surface area contributed by atoms with Gasteiger partial charge in [-0.3, -0.25) is 4.79 Å². The molecule has 0 N–H and O–H groups in total. The van der Waals surface area contributed by atoms with E-state index in [0.29, 0.717) is 29.8 Å². The molecule has 1 saturated carbocycles. The van der Waals surface area contributed by atoms with Crippen LogP contribution in [0.1, 0.15) is 84.2 Å². The van der Waals surface area contributed by atoms with Gasteiger partial charge in [0.15, 0.2) is 0 Å². The first-order valence-electron chi connectivity index (χ1n) is 13.6. The smallest absolute Gasteiger partial charge is 0.309 e. The fraction of sp³-hybridized carbons (Fsp3) is 0.643. The number of likely N-dealkylation sites (tertiary alicyclic amines) is 1. The van der Waals surface area contributed by atoms with Crippen LogP contribution in [0.2, 0.25) is 0 Å². The lowest BCUT2D eigenvalue weighted by atomic mass is 9.85. The van der Waals surface area contributed by atoms with E-state index in [0.717, 1.165) is 56.3 Å². The number of esters is 1. The second kappa shape index (κ2) is 10.2. The molecule has 3 aromatic rings. The topological polar surface area (TPSA) is 86.3 Å². The summed E-state index contributed by atoms with van der Waals surface area (Å²) in [5.74, 6) is 1.01. The maximum atomic E-state index is 14.7. The molecule has 2 aliphatic rings. The number of rotatable bonds is 6. The van der Waals surface area contributed by atoms with Crippen molar-refractivity contribution in [3.8, 4) is 5.95 Å². The predicted molar refractivity (Wildman–Crippen MR) is 138 cm³/mol. The number of hydrogen-bond acceptors (Lipinski definition) is 7. The van der Waals surface area contributed by atoms with E-state index in [2.05, 4.69) is 20.1 Å². The van der Waals surface area contributed by atoms with E-state index in [1.165, 1.54) is 10.7 Å². The number of para-hydroxylation sites is 1. The van der Waals surface area contributed by atoms with Gasteiger partial charge in [0, 0.05) is 24.4 Å². The van der Waals surface area contributed by atoms with Crippen LogP contribution in [-0.2, 0) is 16.0 Å². The minimum atomic E-state index is -0.430. The summed E-state index contributed by atoms with van der Waals surface area (Å²) in [6.07, 6.45) is 5.59. The lowest BCUT2D eigenvalue weighted by molar-refractivity contribution is -0.161. The fourth-order valence-electron chi connectivity index (χ4n) is 5.80. The van der Waals surface area contributed by atoms with E-state index in [9.17, 15) is 9.18 Å². The van der Waals surface area contributed by atoms with Crippen molar-refractivity contribution >= 4 is 16.9 Å². The Labute approximate surface area is 217 Å². The van der Waals surface area contributed by atoms with Gasteiger partial charge in [0.05, 0.1) is 11.6 Å². The number of carbonyl (C=O) groups excluding carboxylic acids is 1. The summed E-state index contributed by atoms with van der Waals surface area (Å²) in [7, 11) is 0. The number of aromatic nitrogens is 4. The summed E-state index contributed by atoms with van der Waals surface area (Å²) in [6.45, 7) is 11.9. The number of nitrogens with zero attached hydrogens (tertiary/aromatic N) is 5. The number of halogens is 1. The van der Waals surface area contributed by atoms with Crippen LogP contribution in [-0.4, -0.2) is 55.5 Å². The first-order valence-corrected chi connectivity index (χ1v) is 13.6. The highest BCUT2D eigenvalue weighted by molar-refractivity contribution is 5.84. The molecule has 200 valence electrons. The van der Waals surface area contributed by atoms with Gasteiger partial charge >= 0.3 is 5.97 Å². The Morgan fingerprint density at radius 3 is 2.65 bits per heavy atom. The quantitative estimate of drug-likeness (QED) is 0.408. The third kappa shape index (κ3) is 5.56. The normalized spacial score (nSPS) is 23.3. The molecule has 3 heterocycles. The summed E-state index contributed by atoms with van der Waals surface area (Å²) in [5.41, 5.74) is 0.765. The van der Waals surface area contributed by atoms with Gasteiger partial charge in [-0.25, -0.2) is 4.39 Å². The zero-order valence-corrected chi connectivity index (χ0v) is 22.5. The monoisotopic (exact) mass is 511 g/mol. The van der Waals surface area contributed by atoms with Crippen molar-refractivity contribution in [3.05, 3.63) is 35.6 Å². The average molecular weight is 512 g/mol. The van der Waals surface area contributed by atoms with Crippen LogP contribution in [0.15, 0.2) is 22.7 Å². The fourth-order valence-corrected chi connectivity index (χ4v) is 5.80. The SMILES string of the molecule is CC(C)c1nn(-c2noc(C[C@H]3CCN(C4CCC(C(=O)OC(C)(C)C)CC4)C3)n2)c2c(F)cccc12. The van der Waals surface area contributed by atoms with Gasteiger partial charge in [-0.1, -0.05) is 26.0 Å². The molecule has 8 nitrogen and oxygen atoms in total. The van der Waals surface area contributed by atoms with Gasteiger partial charge in [0.1, 0.15) is 16.9 Å². The standard InChI is InChI=1S/C28H38FN5O3/c1-17(2)24-21-7-6-8-22(29)25(21)34(31-24)27-30-23(37-32-27)15-18-13-14-33(16-18)20-11-9-19(10-12-20)26(35)36-28(3,4)5/h6-8,17-20H,9-16H2,1-5H3/t18-,19?,20?/m1/s1. The van der Waals surface area contributed by atoms with Crippen LogP contribution in [0, 0.1) is 17.7 Å².